The topological polar surface area (TPSA) is 26.3 Å². The van der Waals surface area contributed by atoms with Crippen LogP contribution in [0.3, 0.4) is 0 Å². The van der Waals surface area contributed by atoms with Crippen molar-refractivity contribution in [1.82, 2.24) is 0 Å². The van der Waals surface area contributed by atoms with Crippen LogP contribution in [0.15, 0.2) is 0 Å². The standard InChI is InChI=1S/C32H56N2O2/c1-23(35)36-29-22-32(3)24(21-28(29)33(4)17-7-6-8-18-33)11-12-25-26-13-14-30(34(5)19-9-10-20-34)31(26,2)16-15-27(25)32/h24-30H,6-22H2,1-5H3/q+2/t24-,25-,26-,27-,28-,29-,30-,31-,32-/m0/s1. The lowest BCUT2D eigenvalue weighted by Gasteiger charge is -2.63. The number of piperidine rings is 1. The molecule has 0 aromatic heterocycles. The predicted octanol–water partition coefficient (Wildman–Crippen LogP) is 6.18. The van der Waals surface area contributed by atoms with E-state index in [-0.39, 0.29) is 12.1 Å². The molecule has 4 saturated carbocycles. The van der Waals surface area contributed by atoms with Gasteiger partial charge in [0.05, 0.1) is 46.3 Å². The van der Waals surface area contributed by atoms with Gasteiger partial charge < -0.3 is 13.7 Å². The van der Waals surface area contributed by atoms with Crippen LogP contribution in [0.5, 0.6) is 0 Å². The first kappa shape index (κ1) is 25.7. The molecule has 2 saturated heterocycles. The number of nitrogens with zero attached hydrogens (tertiary/aromatic N) is 2. The summed E-state index contributed by atoms with van der Waals surface area (Å²) in [5.74, 6) is 3.42. The van der Waals surface area contributed by atoms with E-state index in [4.69, 9.17) is 4.74 Å². The summed E-state index contributed by atoms with van der Waals surface area (Å²) in [6, 6.07) is 1.40. The first-order valence-electron chi connectivity index (χ1n) is 15.9. The number of carbonyl (C=O) groups excluding carboxylic acids is 1. The number of esters is 1. The summed E-state index contributed by atoms with van der Waals surface area (Å²) in [6.45, 7) is 12.4. The number of hydrogen-bond acceptors (Lipinski definition) is 2. The van der Waals surface area contributed by atoms with E-state index in [1.807, 2.05) is 0 Å². The molecule has 2 heterocycles. The van der Waals surface area contributed by atoms with Crippen molar-refractivity contribution in [3.63, 3.8) is 0 Å². The molecule has 0 N–H and O–H groups in total. The Bertz CT molecular complexity index is 845. The maximum absolute atomic E-state index is 12.3. The zero-order chi connectivity index (χ0) is 25.3. The van der Waals surface area contributed by atoms with Gasteiger partial charge in [-0.25, -0.2) is 0 Å². The maximum Gasteiger partial charge on any atom is 0.303 e. The molecular formula is C32H56N2O2+2. The molecule has 4 nitrogen and oxygen atoms in total. The third-order valence-electron chi connectivity index (χ3n) is 13.9. The Morgan fingerprint density at radius 1 is 0.778 bits per heavy atom. The van der Waals surface area contributed by atoms with Crippen molar-refractivity contribution in [2.45, 2.75) is 122 Å². The van der Waals surface area contributed by atoms with Crippen molar-refractivity contribution in [2.75, 3.05) is 40.3 Å². The highest BCUT2D eigenvalue weighted by atomic mass is 16.5. The Labute approximate surface area is 221 Å². The molecule has 4 aliphatic carbocycles. The first-order chi connectivity index (χ1) is 17.1. The highest BCUT2D eigenvalue weighted by molar-refractivity contribution is 5.66. The van der Waals surface area contributed by atoms with Crippen LogP contribution >= 0.6 is 0 Å². The zero-order valence-corrected chi connectivity index (χ0v) is 24.3. The van der Waals surface area contributed by atoms with Crippen LogP contribution in [0.2, 0.25) is 0 Å². The minimum Gasteiger partial charge on any atom is -0.456 e. The molecule has 0 spiro atoms. The van der Waals surface area contributed by atoms with Gasteiger partial charge in [0.1, 0.15) is 6.04 Å². The van der Waals surface area contributed by atoms with Gasteiger partial charge in [0, 0.05) is 38.0 Å². The van der Waals surface area contributed by atoms with Crippen molar-refractivity contribution in [2.24, 2.45) is 34.5 Å². The lowest BCUT2D eigenvalue weighted by atomic mass is 9.44. The van der Waals surface area contributed by atoms with Crippen LogP contribution in [-0.2, 0) is 9.53 Å². The number of carbonyl (C=O) groups is 1. The lowest BCUT2D eigenvalue weighted by Crippen LogP contribution is -2.66. The van der Waals surface area contributed by atoms with Gasteiger partial charge in [0.25, 0.3) is 0 Å². The van der Waals surface area contributed by atoms with E-state index in [1.165, 1.54) is 108 Å². The van der Waals surface area contributed by atoms with E-state index in [1.54, 1.807) is 6.92 Å². The van der Waals surface area contributed by atoms with E-state index in [9.17, 15) is 4.79 Å². The summed E-state index contributed by atoms with van der Waals surface area (Å²) in [5.41, 5.74) is 0.891. The number of rotatable bonds is 3. The number of quaternary nitrogens is 2. The van der Waals surface area contributed by atoms with Crippen LogP contribution in [0, 0.1) is 34.5 Å². The molecule has 0 aromatic carbocycles. The van der Waals surface area contributed by atoms with Gasteiger partial charge in [0.15, 0.2) is 6.10 Å². The molecule has 2 aliphatic heterocycles. The molecule has 9 atom stereocenters. The summed E-state index contributed by atoms with van der Waals surface area (Å²) in [7, 11) is 5.09. The number of hydrogen-bond donors (Lipinski definition) is 0. The van der Waals surface area contributed by atoms with Gasteiger partial charge in [-0.1, -0.05) is 13.8 Å². The van der Waals surface area contributed by atoms with Crippen molar-refractivity contribution < 1.29 is 18.5 Å². The van der Waals surface area contributed by atoms with Crippen molar-refractivity contribution in [3.8, 4) is 0 Å². The van der Waals surface area contributed by atoms with E-state index in [0.717, 1.165) is 40.6 Å². The van der Waals surface area contributed by atoms with Crippen molar-refractivity contribution in [1.29, 1.82) is 0 Å². The maximum atomic E-state index is 12.3. The fourth-order valence-corrected chi connectivity index (χ4v) is 12.2. The lowest BCUT2D eigenvalue weighted by molar-refractivity contribution is -0.942. The monoisotopic (exact) mass is 500 g/mol. The van der Waals surface area contributed by atoms with E-state index < -0.39 is 0 Å². The van der Waals surface area contributed by atoms with E-state index >= 15 is 0 Å². The fraction of sp³-hybridized carbons (Fsp3) is 0.969. The third-order valence-corrected chi connectivity index (χ3v) is 13.9. The van der Waals surface area contributed by atoms with E-state index in [2.05, 4.69) is 27.9 Å². The second kappa shape index (κ2) is 8.97. The Hall–Kier alpha value is -0.610. The van der Waals surface area contributed by atoms with Gasteiger partial charge >= 0.3 is 5.97 Å². The summed E-state index contributed by atoms with van der Waals surface area (Å²) in [4.78, 5) is 12.3. The molecule has 0 unspecified atom stereocenters. The van der Waals surface area contributed by atoms with Gasteiger partial charge in [-0.2, -0.15) is 0 Å². The number of fused-ring (bicyclic) bond motifs is 5. The van der Waals surface area contributed by atoms with E-state index in [0.29, 0.717) is 16.9 Å². The molecule has 0 bridgehead atoms. The molecule has 0 amide bonds. The number of ether oxygens (including phenoxy) is 1. The first-order valence-corrected chi connectivity index (χ1v) is 15.9. The minimum absolute atomic E-state index is 0.0551. The summed E-state index contributed by atoms with van der Waals surface area (Å²) < 4.78 is 8.79. The molecule has 6 rings (SSSR count). The highest BCUT2D eigenvalue weighted by Crippen LogP contribution is 2.67. The van der Waals surface area contributed by atoms with Gasteiger partial charge in [-0.15, -0.1) is 0 Å². The molecular weight excluding hydrogens is 444 g/mol. The summed E-state index contributed by atoms with van der Waals surface area (Å²) >= 11 is 0. The second-order valence-electron chi connectivity index (χ2n) is 15.6. The Kier molecular flexibility index (Phi) is 6.39. The normalized spacial score (nSPS) is 49.5. The van der Waals surface area contributed by atoms with Crippen molar-refractivity contribution >= 4 is 5.97 Å². The van der Waals surface area contributed by atoms with Crippen LogP contribution in [0.25, 0.3) is 0 Å². The molecule has 0 aromatic rings. The van der Waals surface area contributed by atoms with Crippen molar-refractivity contribution in [3.05, 3.63) is 0 Å². The average molecular weight is 501 g/mol. The quantitative estimate of drug-likeness (QED) is 0.342. The largest absolute Gasteiger partial charge is 0.456 e. The van der Waals surface area contributed by atoms with Crippen LogP contribution < -0.4 is 0 Å². The summed E-state index contributed by atoms with van der Waals surface area (Å²) in [5, 5.41) is 0. The number of likely N-dealkylation sites (N-methyl/N-ethyl adjacent to an activating group) is 1. The third kappa shape index (κ3) is 3.85. The summed E-state index contributed by atoms with van der Waals surface area (Å²) in [6.07, 6.45) is 18.1. The fourth-order valence-electron chi connectivity index (χ4n) is 12.2. The van der Waals surface area contributed by atoms with Crippen LogP contribution in [0.4, 0.5) is 0 Å². The number of likely N-dealkylation sites (tertiary alicyclic amines) is 2. The smallest absolute Gasteiger partial charge is 0.303 e. The van der Waals surface area contributed by atoms with Crippen LogP contribution in [-0.4, -0.2) is 73.4 Å². The van der Waals surface area contributed by atoms with Gasteiger partial charge in [-0.05, 0) is 86.9 Å². The molecule has 36 heavy (non-hydrogen) atoms. The Balaban J connectivity index is 1.26. The highest BCUT2D eigenvalue weighted by Gasteiger charge is 2.65. The molecule has 4 heteroatoms. The Morgan fingerprint density at radius 3 is 2.11 bits per heavy atom. The van der Waals surface area contributed by atoms with Crippen LogP contribution in [0.1, 0.15) is 104 Å². The molecule has 6 aliphatic rings. The predicted molar refractivity (Wildman–Crippen MR) is 145 cm³/mol. The SMILES string of the molecule is CC(=O)O[C@H]1C[C@@]2(C)[C@@H](CC[C@@H]3[C@@H]2CC[C@@]2(C)[C@H]3CC[C@@H]2[N+]2(C)CCCC2)C[C@@H]1[N+]1(C)CCCCC1. The van der Waals surface area contributed by atoms with Gasteiger partial charge in [0.2, 0.25) is 0 Å². The minimum atomic E-state index is -0.0551. The molecule has 204 valence electrons. The average Bonchev–Trinajstić information content (AvgIpc) is 3.42. The second-order valence-corrected chi connectivity index (χ2v) is 15.6. The van der Waals surface area contributed by atoms with Gasteiger partial charge in [-0.3, -0.25) is 4.79 Å². The Morgan fingerprint density at radius 2 is 1.42 bits per heavy atom. The zero-order valence-electron chi connectivity index (χ0n) is 24.3. The molecule has 0 radical (unpaired) electrons. The molecule has 6 fully saturated rings.